The van der Waals surface area contributed by atoms with Gasteiger partial charge < -0.3 is 5.11 Å². The lowest BCUT2D eigenvalue weighted by atomic mass is 10.1. The third-order valence-corrected chi connectivity index (χ3v) is 2.63. The minimum absolute atomic E-state index is 0.346. The van der Waals surface area contributed by atoms with Crippen LogP contribution >= 0.6 is 11.8 Å². The van der Waals surface area contributed by atoms with Crippen LogP contribution in [0.3, 0.4) is 0 Å². The standard InChI is InChI=1S/C9H16N2OS/c1-11-7-8(6-10-11)9(12)4-3-5-13-2/h6-7,9,12H,3-5H2,1-2H3. The van der Waals surface area contributed by atoms with Crippen molar-refractivity contribution in [3.05, 3.63) is 18.0 Å². The Morgan fingerprint density at radius 2 is 2.46 bits per heavy atom. The first kappa shape index (κ1) is 10.6. The van der Waals surface area contributed by atoms with Crippen LogP contribution in [0.15, 0.2) is 12.4 Å². The van der Waals surface area contributed by atoms with Gasteiger partial charge in [0, 0.05) is 18.8 Å². The van der Waals surface area contributed by atoms with E-state index in [4.69, 9.17) is 0 Å². The molecule has 1 rings (SSSR count). The van der Waals surface area contributed by atoms with Crippen molar-refractivity contribution < 1.29 is 5.11 Å². The van der Waals surface area contributed by atoms with E-state index in [2.05, 4.69) is 11.4 Å². The van der Waals surface area contributed by atoms with E-state index >= 15 is 0 Å². The Morgan fingerprint density at radius 3 is 3.00 bits per heavy atom. The molecule has 0 radical (unpaired) electrons. The second kappa shape index (κ2) is 5.29. The fourth-order valence-corrected chi connectivity index (χ4v) is 1.66. The summed E-state index contributed by atoms with van der Waals surface area (Å²) in [4.78, 5) is 0. The Morgan fingerprint density at radius 1 is 1.69 bits per heavy atom. The molecule has 3 nitrogen and oxygen atoms in total. The van der Waals surface area contributed by atoms with E-state index < -0.39 is 0 Å². The van der Waals surface area contributed by atoms with Crippen LogP contribution in [0.1, 0.15) is 24.5 Å². The van der Waals surface area contributed by atoms with E-state index in [1.807, 2.05) is 25.0 Å². The molecule has 4 heteroatoms. The third kappa shape index (κ3) is 3.40. The zero-order valence-electron chi connectivity index (χ0n) is 8.10. The Balaban J connectivity index is 2.35. The maximum absolute atomic E-state index is 9.70. The molecule has 0 amide bonds. The maximum Gasteiger partial charge on any atom is 0.0820 e. The molecule has 0 aliphatic rings. The largest absolute Gasteiger partial charge is 0.388 e. The minimum Gasteiger partial charge on any atom is -0.388 e. The van der Waals surface area contributed by atoms with Crippen LogP contribution in [-0.2, 0) is 7.05 Å². The highest BCUT2D eigenvalue weighted by molar-refractivity contribution is 7.98. The number of hydrogen-bond acceptors (Lipinski definition) is 3. The number of aliphatic hydroxyl groups is 1. The summed E-state index contributed by atoms with van der Waals surface area (Å²) in [5.74, 6) is 1.11. The SMILES string of the molecule is CSCCCC(O)c1cnn(C)c1. The van der Waals surface area contributed by atoms with Crippen molar-refractivity contribution in [1.29, 1.82) is 0 Å². The smallest absolute Gasteiger partial charge is 0.0820 e. The van der Waals surface area contributed by atoms with Crippen LogP contribution < -0.4 is 0 Å². The fraction of sp³-hybridized carbons (Fsp3) is 0.667. The second-order valence-electron chi connectivity index (χ2n) is 3.10. The zero-order chi connectivity index (χ0) is 9.68. The molecule has 0 spiro atoms. The lowest BCUT2D eigenvalue weighted by Crippen LogP contribution is -1.96. The molecule has 13 heavy (non-hydrogen) atoms. The first-order chi connectivity index (χ1) is 6.24. The lowest BCUT2D eigenvalue weighted by molar-refractivity contribution is 0.167. The van der Waals surface area contributed by atoms with E-state index in [0.717, 1.165) is 24.2 Å². The summed E-state index contributed by atoms with van der Waals surface area (Å²) in [5, 5.41) is 13.7. The fourth-order valence-electron chi connectivity index (χ4n) is 1.20. The predicted octanol–water partition coefficient (Wildman–Crippen LogP) is 1.60. The normalized spacial score (nSPS) is 13.2. The Kier molecular flexibility index (Phi) is 4.32. The van der Waals surface area contributed by atoms with Crippen molar-refractivity contribution in [3.63, 3.8) is 0 Å². The molecule has 0 aliphatic heterocycles. The van der Waals surface area contributed by atoms with Crippen molar-refractivity contribution in [2.45, 2.75) is 18.9 Å². The van der Waals surface area contributed by atoms with Gasteiger partial charge in [0.1, 0.15) is 0 Å². The number of aryl methyl sites for hydroxylation is 1. The lowest BCUT2D eigenvalue weighted by Gasteiger charge is -2.06. The van der Waals surface area contributed by atoms with Crippen LogP contribution in [0.4, 0.5) is 0 Å². The third-order valence-electron chi connectivity index (χ3n) is 1.94. The van der Waals surface area contributed by atoms with Crippen LogP contribution in [0.2, 0.25) is 0 Å². The summed E-state index contributed by atoms with van der Waals surface area (Å²) in [7, 11) is 1.86. The number of rotatable bonds is 5. The van der Waals surface area contributed by atoms with Crippen LogP contribution in [-0.4, -0.2) is 26.9 Å². The molecule has 0 saturated heterocycles. The van der Waals surface area contributed by atoms with E-state index in [1.165, 1.54) is 0 Å². The molecule has 0 aliphatic carbocycles. The van der Waals surface area contributed by atoms with E-state index in [9.17, 15) is 5.11 Å². The Labute approximate surface area is 83.1 Å². The van der Waals surface area contributed by atoms with Gasteiger partial charge in [-0.25, -0.2) is 0 Å². The quantitative estimate of drug-likeness (QED) is 0.734. The van der Waals surface area contributed by atoms with Crippen LogP contribution in [0.5, 0.6) is 0 Å². The van der Waals surface area contributed by atoms with Gasteiger partial charge in [0.15, 0.2) is 0 Å². The molecule has 1 aromatic rings. The van der Waals surface area contributed by atoms with E-state index in [0.29, 0.717) is 0 Å². The first-order valence-corrected chi connectivity index (χ1v) is 5.79. The minimum atomic E-state index is -0.346. The van der Waals surface area contributed by atoms with Gasteiger partial charge >= 0.3 is 0 Å². The average Bonchev–Trinajstić information content (AvgIpc) is 2.52. The number of nitrogens with zero attached hydrogens (tertiary/aromatic N) is 2. The van der Waals surface area contributed by atoms with E-state index in [-0.39, 0.29) is 6.10 Å². The molecule has 1 aromatic heterocycles. The summed E-state index contributed by atoms with van der Waals surface area (Å²) < 4.78 is 1.72. The highest BCUT2D eigenvalue weighted by Gasteiger charge is 2.08. The number of aliphatic hydroxyl groups excluding tert-OH is 1. The summed E-state index contributed by atoms with van der Waals surface area (Å²) >= 11 is 1.81. The maximum atomic E-state index is 9.70. The van der Waals surface area contributed by atoms with Gasteiger partial charge in [0.25, 0.3) is 0 Å². The topological polar surface area (TPSA) is 38.1 Å². The molecular weight excluding hydrogens is 184 g/mol. The van der Waals surface area contributed by atoms with Gasteiger partial charge in [-0.3, -0.25) is 4.68 Å². The molecular formula is C9H16N2OS. The van der Waals surface area contributed by atoms with Crippen molar-refractivity contribution >= 4 is 11.8 Å². The number of thioether (sulfide) groups is 1. The highest BCUT2D eigenvalue weighted by Crippen LogP contribution is 2.17. The molecule has 0 saturated carbocycles. The van der Waals surface area contributed by atoms with Crippen molar-refractivity contribution in [3.8, 4) is 0 Å². The first-order valence-electron chi connectivity index (χ1n) is 4.39. The van der Waals surface area contributed by atoms with Gasteiger partial charge in [-0.05, 0) is 24.9 Å². The Hall–Kier alpha value is -0.480. The molecule has 1 heterocycles. The van der Waals surface area contributed by atoms with Gasteiger partial charge in [0.05, 0.1) is 12.3 Å². The van der Waals surface area contributed by atoms with E-state index in [1.54, 1.807) is 10.9 Å². The molecule has 1 N–H and O–H groups in total. The molecule has 1 atom stereocenters. The van der Waals surface area contributed by atoms with Crippen molar-refractivity contribution in [2.75, 3.05) is 12.0 Å². The number of hydrogen-bond donors (Lipinski definition) is 1. The second-order valence-corrected chi connectivity index (χ2v) is 4.08. The van der Waals surface area contributed by atoms with Crippen molar-refractivity contribution in [1.82, 2.24) is 9.78 Å². The predicted molar refractivity (Wildman–Crippen MR) is 55.8 cm³/mol. The summed E-state index contributed by atoms with van der Waals surface area (Å²) in [5.41, 5.74) is 0.920. The summed E-state index contributed by atoms with van der Waals surface area (Å²) in [6.07, 6.45) is 7.20. The average molecular weight is 200 g/mol. The summed E-state index contributed by atoms with van der Waals surface area (Å²) in [6, 6.07) is 0. The molecule has 74 valence electrons. The van der Waals surface area contributed by atoms with Crippen LogP contribution in [0, 0.1) is 0 Å². The van der Waals surface area contributed by atoms with Gasteiger partial charge in [-0.2, -0.15) is 16.9 Å². The monoisotopic (exact) mass is 200 g/mol. The molecule has 0 aromatic carbocycles. The van der Waals surface area contributed by atoms with Gasteiger partial charge in [0.2, 0.25) is 0 Å². The highest BCUT2D eigenvalue weighted by atomic mass is 32.2. The van der Waals surface area contributed by atoms with Crippen molar-refractivity contribution in [2.24, 2.45) is 7.05 Å². The number of aromatic nitrogens is 2. The summed E-state index contributed by atoms with van der Waals surface area (Å²) in [6.45, 7) is 0. The molecule has 0 bridgehead atoms. The van der Waals surface area contributed by atoms with Gasteiger partial charge in [-0.15, -0.1) is 0 Å². The van der Waals surface area contributed by atoms with Gasteiger partial charge in [-0.1, -0.05) is 0 Å². The molecule has 0 fully saturated rings. The Bertz CT molecular complexity index is 250. The van der Waals surface area contributed by atoms with Crippen LogP contribution in [0.25, 0.3) is 0 Å². The molecule has 1 unspecified atom stereocenters. The zero-order valence-corrected chi connectivity index (χ0v) is 8.92.